The van der Waals surface area contributed by atoms with Gasteiger partial charge in [-0.3, -0.25) is 4.79 Å². The summed E-state index contributed by atoms with van der Waals surface area (Å²) in [6.07, 6.45) is 68.2. The zero-order valence-electron chi connectivity index (χ0n) is 39.1. The van der Waals surface area contributed by atoms with Crippen molar-refractivity contribution in [2.45, 2.75) is 283 Å². The first kappa shape index (κ1) is 56.4. The number of rotatable bonds is 47. The molecule has 0 radical (unpaired) electrons. The van der Waals surface area contributed by atoms with Crippen molar-refractivity contribution in [1.82, 2.24) is 5.32 Å². The molecule has 0 aromatic rings. The molecule has 0 bridgehead atoms. The van der Waals surface area contributed by atoms with Crippen LogP contribution in [0.3, 0.4) is 0 Å². The lowest BCUT2D eigenvalue weighted by Crippen LogP contribution is -2.45. The number of nitrogens with one attached hydrogen (secondary N) is 1. The molecular weight excluding hydrogens is 711 g/mol. The summed E-state index contributed by atoms with van der Waals surface area (Å²) in [5.41, 5.74) is 0. The van der Waals surface area contributed by atoms with Crippen molar-refractivity contribution >= 4 is 5.91 Å². The molecule has 4 nitrogen and oxygen atoms in total. The predicted molar refractivity (Wildman–Crippen MR) is 258 cm³/mol. The molecule has 0 saturated carbocycles. The van der Waals surface area contributed by atoms with Crippen LogP contribution in [0.2, 0.25) is 0 Å². The van der Waals surface area contributed by atoms with Crippen LogP contribution in [0.25, 0.3) is 0 Å². The Balaban J connectivity index is 3.56. The minimum atomic E-state index is -0.864. The van der Waals surface area contributed by atoms with Crippen molar-refractivity contribution in [3.63, 3.8) is 0 Å². The van der Waals surface area contributed by atoms with E-state index >= 15 is 0 Å². The van der Waals surface area contributed by atoms with Gasteiger partial charge >= 0.3 is 0 Å². The standard InChI is InChI=1S/C54H101NO3/c1-3-5-7-9-11-13-15-17-19-21-23-25-27-29-31-33-35-37-39-41-43-45-47-49-53(57)52(51-56)55-54(58)50-48-46-44-42-40-38-36-34-32-30-28-26-24-22-20-18-16-14-12-10-8-6-4-2/h16,18,22,24,39,41,47,49,52-53,56-57H,3-15,17,19-21,23,25-38,40,42-46,48,50-51H2,1-2H3,(H,55,58)/b18-16-,24-22-,41-39+,49-47+. The number of carbonyl (C=O) groups excluding carboxylic acids is 1. The van der Waals surface area contributed by atoms with E-state index in [1.54, 1.807) is 6.08 Å². The maximum absolute atomic E-state index is 12.4. The van der Waals surface area contributed by atoms with Crippen LogP contribution in [0.15, 0.2) is 48.6 Å². The first-order valence-corrected chi connectivity index (χ1v) is 25.9. The maximum atomic E-state index is 12.4. The second-order valence-corrected chi connectivity index (χ2v) is 17.6. The molecule has 0 aromatic carbocycles. The molecule has 0 saturated heterocycles. The van der Waals surface area contributed by atoms with E-state index < -0.39 is 12.1 Å². The quantitative estimate of drug-likeness (QED) is 0.0423. The zero-order chi connectivity index (χ0) is 42.1. The van der Waals surface area contributed by atoms with Crippen LogP contribution >= 0.6 is 0 Å². The van der Waals surface area contributed by atoms with Crippen LogP contribution < -0.4 is 5.32 Å². The highest BCUT2D eigenvalue weighted by Gasteiger charge is 2.17. The Morgan fingerprint density at radius 3 is 1.10 bits per heavy atom. The minimum absolute atomic E-state index is 0.0744. The average Bonchev–Trinajstić information content (AvgIpc) is 3.23. The van der Waals surface area contributed by atoms with Crippen molar-refractivity contribution < 1.29 is 15.0 Å². The number of aliphatic hydroxyl groups is 2. The molecule has 3 N–H and O–H groups in total. The van der Waals surface area contributed by atoms with Gasteiger partial charge in [-0.2, -0.15) is 0 Å². The van der Waals surface area contributed by atoms with E-state index in [9.17, 15) is 15.0 Å². The normalized spacial score (nSPS) is 13.2. The Morgan fingerprint density at radius 2 is 0.724 bits per heavy atom. The third kappa shape index (κ3) is 45.4. The summed E-state index contributed by atoms with van der Waals surface area (Å²) < 4.78 is 0. The molecule has 0 rings (SSSR count). The molecule has 2 unspecified atom stereocenters. The average molecular weight is 812 g/mol. The summed E-state index contributed by atoms with van der Waals surface area (Å²) in [6, 6.07) is -0.641. The number of amides is 1. The first-order chi connectivity index (χ1) is 28.7. The molecule has 340 valence electrons. The molecule has 0 aliphatic carbocycles. The van der Waals surface area contributed by atoms with E-state index in [2.05, 4.69) is 55.6 Å². The van der Waals surface area contributed by atoms with Crippen molar-refractivity contribution in [3.05, 3.63) is 48.6 Å². The lowest BCUT2D eigenvalue weighted by molar-refractivity contribution is -0.123. The second-order valence-electron chi connectivity index (χ2n) is 17.6. The molecule has 0 aliphatic rings. The number of hydrogen-bond donors (Lipinski definition) is 3. The minimum Gasteiger partial charge on any atom is -0.394 e. The summed E-state index contributed by atoms with van der Waals surface area (Å²) in [5, 5.41) is 23.1. The molecule has 58 heavy (non-hydrogen) atoms. The summed E-state index contributed by atoms with van der Waals surface area (Å²) >= 11 is 0. The Labute approximate surface area is 363 Å². The van der Waals surface area contributed by atoms with Crippen LogP contribution in [-0.2, 0) is 4.79 Å². The van der Waals surface area contributed by atoms with Crippen molar-refractivity contribution in [3.8, 4) is 0 Å². The van der Waals surface area contributed by atoms with Crippen LogP contribution in [-0.4, -0.2) is 34.9 Å². The van der Waals surface area contributed by atoms with Crippen LogP contribution in [0.5, 0.6) is 0 Å². The lowest BCUT2D eigenvalue weighted by atomic mass is 10.0. The Kier molecular flexibility index (Phi) is 48.3. The van der Waals surface area contributed by atoms with Gasteiger partial charge in [-0.1, -0.05) is 249 Å². The van der Waals surface area contributed by atoms with Gasteiger partial charge < -0.3 is 15.5 Å². The third-order valence-electron chi connectivity index (χ3n) is 11.8. The number of hydrogen-bond acceptors (Lipinski definition) is 3. The van der Waals surface area contributed by atoms with Gasteiger partial charge in [0.2, 0.25) is 5.91 Å². The van der Waals surface area contributed by atoms with Crippen molar-refractivity contribution in [1.29, 1.82) is 0 Å². The van der Waals surface area contributed by atoms with E-state index in [0.717, 1.165) is 38.5 Å². The number of allylic oxidation sites excluding steroid dienone is 7. The molecule has 0 aliphatic heterocycles. The second kappa shape index (κ2) is 49.7. The third-order valence-corrected chi connectivity index (χ3v) is 11.8. The SMILES string of the molecule is CCCCCCC/C=C\C/C=C\CCCCCCCCCCCCCC(=O)NC(CO)C(O)/C=C/CC/C=C/CCCCCCCCCCCCCCCCCCC. The Hall–Kier alpha value is -1.65. The highest BCUT2D eigenvalue weighted by Crippen LogP contribution is 2.16. The summed E-state index contributed by atoms with van der Waals surface area (Å²) in [4.78, 5) is 12.4. The van der Waals surface area contributed by atoms with Gasteiger partial charge in [0.1, 0.15) is 0 Å². The van der Waals surface area contributed by atoms with Gasteiger partial charge in [0.25, 0.3) is 0 Å². The lowest BCUT2D eigenvalue weighted by Gasteiger charge is -2.19. The fourth-order valence-corrected chi connectivity index (χ4v) is 7.81. The van der Waals surface area contributed by atoms with E-state index in [1.165, 1.54) is 212 Å². The maximum Gasteiger partial charge on any atom is 0.220 e. The van der Waals surface area contributed by atoms with Crippen LogP contribution in [0.4, 0.5) is 0 Å². The van der Waals surface area contributed by atoms with Gasteiger partial charge in [-0.05, 0) is 64.2 Å². The molecule has 0 fully saturated rings. The van der Waals surface area contributed by atoms with Gasteiger partial charge in [0.15, 0.2) is 0 Å². The summed E-state index contributed by atoms with van der Waals surface area (Å²) in [6.45, 7) is 4.31. The Bertz CT molecular complexity index is 923. The molecule has 0 aromatic heterocycles. The van der Waals surface area contributed by atoms with Crippen LogP contribution in [0, 0.1) is 0 Å². The fourth-order valence-electron chi connectivity index (χ4n) is 7.81. The number of carbonyl (C=O) groups is 1. The molecule has 0 heterocycles. The largest absolute Gasteiger partial charge is 0.394 e. The van der Waals surface area contributed by atoms with Crippen molar-refractivity contribution in [2.24, 2.45) is 0 Å². The molecule has 0 spiro atoms. The number of unbranched alkanes of at least 4 members (excludes halogenated alkanes) is 34. The van der Waals surface area contributed by atoms with Gasteiger partial charge in [0, 0.05) is 6.42 Å². The van der Waals surface area contributed by atoms with Gasteiger partial charge in [-0.15, -0.1) is 0 Å². The fraction of sp³-hybridized carbons (Fsp3) is 0.833. The highest BCUT2D eigenvalue weighted by atomic mass is 16.3. The molecular formula is C54H101NO3. The molecule has 2 atom stereocenters. The van der Waals surface area contributed by atoms with E-state index in [0.29, 0.717) is 6.42 Å². The van der Waals surface area contributed by atoms with Gasteiger partial charge in [-0.25, -0.2) is 0 Å². The Morgan fingerprint density at radius 1 is 0.414 bits per heavy atom. The monoisotopic (exact) mass is 812 g/mol. The van der Waals surface area contributed by atoms with E-state index in [-0.39, 0.29) is 12.5 Å². The van der Waals surface area contributed by atoms with E-state index in [1.807, 2.05) is 6.08 Å². The van der Waals surface area contributed by atoms with Crippen LogP contribution in [0.1, 0.15) is 271 Å². The summed E-state index contributed by atoms with van der Waals surface area (Å²) in [5.74, 6) is -0.0744. The smallest absolute Gasteiger partial charge is 0.220 e. The van der Waals surface area contributed by atoms with Crippen molar-refractivity contribution in [2.75, 3.05) is 6.61 Å². The topological polar surface area (TPSA) is 69.6 Å². The molecule has 4 heteroatoms. The predicted octanol–water partition coefficient (Wildman–Crippen LogP) is 16.7. The van der Waals surface area contributed by atoms with Gasteiger partial charge in [0.05, 0.1) is 18.8 Å². The summed E-state index contributed by atoms with van der Waals surface area (Å²) in [7, 11) is 0. The zero-order valence-corrected chi connectivity index (χ0v) is 39.1. The number of aliphatic hydroxyl groups excluding tert-OH is 2. The van der Waals surface area contributed by atoms with E-state index in [4.69, 9.17) is 0 Å². The highest BCUT2D eigenvalue weighted by molar-refractivity contribution is 5.76. The molecule has 1 amide bonds. The first-order valence-electron chi connectivity index (χ1n) is 25.9.